The largest absolute Gasteiger partial charge is 0.460 e. The number of imide groups is 2. The van der Waals surface area contributed by atoms with Gasteiger partial charge in [0.15, 0.2) is 0 Å². The average Bonchev–Trinajstić information content (AvgIpc) is 0.659. The van der Waals surface area contributed by atoms with Crippen LogP contribution in [0.2, 0.25) is 0 Å². The SMILES string of the molecule is O=C1c2cc(Oc3ccccc3)c3c4c(Oc5ccccc5)cc5c6c(cc(Oc7ccccc7)c(c7c(Oc8ccccc8)cc(c2c37)C(=O)N1c1c(C(F)(F)C(F)(F)C(F)(F)C(F)(F)C(F)(F)C(F)(F)F)cccc1C(F)(F)C(F)(F)C(F)(F)C(F)(F)C(F)(F)C(F)(F)F)c64)C(=O)N(c1c(C(F)(F)C(F)(F)C(F)(F)C(F)(F)C(F)(F)C(F)(F)F)cccc1C(F)(F)C(F)(F)C(F)(F)C(F)(F)C(F)(F)C(F)(F)F)C5=O. The minimum atomic E-state index is -9.39. The summed E-state index contributed by atoms with van der Waals surface area (Å²) >= 11 is 0. The van der Waals surface area contributed by atoms with Gasteiger partial charge in [0.2, 0.25) is 0 Å². The monoisotopic (exact) mass is 2180 g/mol. The zero-order chi connectivity index (χ0) is 111. The van der Waals surface area contributed by atoms with Gasteiger partial charge in [0, 0.05) is 43.1 Å². The zero-order valence-corrected chi connectivity index (χ0v) is 68.1. The first kappa shape index (κ1) is 110. The van der Waals surface area contributed by atoms with Crippen molar-refractivity contribution in [2.24, 2.45) is 0 Å². The molecule has 0 saturated carbocycles. The summed E-state index contributed by atoms with van der Waals surface area (Å²) in [6.45, 7) is 0. The number of para-hydroxylation sites is 6. The van der Waals surface area contributed by atoms with E-state index in [-0.39, 0.29) is 24.3 Å². The Morgan fingerprint density at radius 1 is 0.164 bits per heavy atom. The Labute approximate surface area is 768 Å². The summed E-state index contributed by atoms with van der Waals surface area (Å²) in [5, 5.41) is -12.7. The average molecular weight is 2180 g/mol. The van der Waals surface area contributed by atoms with Crippen LogP contribution in [0, 0.1) is 0 Å². The van der Waals surface area contributed by atoms with Gasteiger partial charge in [0.05, 0.1) is 55.9 Å². The number of nitrogens with zero attached hydrogens (tertiary/aromatic N) is 2. The smallest absolute Gasteiger partial charge is 0.457 e. The molecule has 2 aliphatic rings. The number of carbonyl (C=O) groups is 4. The number of halogens is 52. The number of hydrogen-bond acceptors (Lipinski definition) is 8. The molecule has 0 unspecified atom stereocenters. The molecule has 11 aromatic carbocycles. The Morgan fingerprint density at radius 2 is 0.315 bits per heavy atom. The van der Waals surface area contributed by atoms with Gasteiger partial charge < -0.3 is 18.9 Å². The Bertz CT molecular complexity index is 6250. The summed E-state index contributed by atoms with van der Waals surface area (Å²) in [6.07, 6.45) is -33.7. The molecular weight excluding hydrogens is 2150 g/mol. The molecule has 62 heteroatoms. The molecule has 11 aromatic rings. The van der Waals surface area contributed by atoms with Gasteiger partial charge in [-0.05, 0) is 72.8 Å². The lowest BCUT2D eigenvalue weighted by atomic mass is 9.79. The number of ether oxygens (including phenoxy) is 4. The van der Waals surface area contributed by atoms with Crippen molar-refractivity contribution in [1.29, 1.82) is 0 Å². The fraction of sp³-hybridized carbons (Fsp3) is 0.286. The Hall–Kier alpha value is -13.4. The first-order valence-corrected chi connectivity index (χ1v) is 38.1. The van der Waals surface area contributed by atoms with Gasteiger partial charge >= 0.3 is 143 Å². The molecule has 2 aliphatic heterocycles. The molecule has 2 heterocycles. The number of rotatable bonds is 30. The van der Waals surface area contributed by atoms with Gasteiger partial charge in [0.25, 0.3) is 23.6 Å². The highest BCUT2D eigenvalue weighted by atomic mass is 19.5. The van der Waals surface area contributed by atoms with Crippen molar-refractivity contribution in [3.63, 3.8) is 0 Å². The van der Waals surface area contributed by atoms with Crippen LogP contribution in [0.5, 0.6) is 46.0 Å². The van der Waals surface area contributed by atoms with Crippen LogP contribution in [0.25, 0.3) is 43.1 Å². The quantitative estimate of drug-likeness (QED) is 0.0189. The van der Waals surface area contributed by atoms with Gasteiger partial charge in [-0.1, -0.05) is 109 Å². The zero-order valence-electron chi connectivity index (χ0n) is 68.1. The van der Waals surface area contributed by atoms with Crippen molar-refractivity contribution in [2.45, 2.75) is 143 Å². The molecule has 0 fully saturated rings. The molecule has 0 radical (unpaired) electrons. The second-order valence-electron chi connectivity index (χ2n) is 31.1. The van der Waals surface area contributed by atoms with E-state index >= 15 is 160 Å². The van der Waals surface area contributed by atoms with E-state index in [2.05, 4.69) is 0 Å². The minimum Gasteiger partial charge on any atom is -0.457 e. The van der Waals surface area contributed by atoms with E-state index in [9.17, 15) is 87.8 Å². The van der Waals surface area contributed by atoms with Crippen molar-refractivity contribution < 1.29 is 266 Å². The third-order valence-electron chi connectivity index (χ3n) is 22.4. The molecule has 0 aliphatic carbocycles. The van der Waals surface area contributed by atoms with E-state index in [0.717, 1.165) is 72.8 Å². The number of alkyl halides is 52. The number of carbonyl (C=O) groups excluding carboxylic acids is 4. The second kappa shape index (κ2) is 33.0. The van der Waals surface area contributed by atoms with Crippen LogP contribution in [0.4, 0.5) is 240 Å². The summed E-state index contributed by atoms with van der Waals surface area (Å²) in [6, 6.07) is 5.43. The molecule has 13 rings (SSSR count). The third-order valence-corrected chi connectivity index (χ3v) is 22.4. The maximum Gasteiger partial charge on any atom is 0.460 e. The van der Waals surface area contributed by atoms with Crippen molar-refractivity contribution in [2.75, 3.05) is 9.80 Å². The van der Waals surface area contributed by atoms with Crippen LogP contribution >= 0.6 is 0 Å². The number of hydrogen-bond donors (Lipinski definition) is 0. The molecule has 0 bridgehead atoms. The van der Waals surface area contributed by atoms with E-state index in [1.54, 1.807) is 0 Å². The van der Waals surface area contributed by atoms with E-state index < -0.39 is 358 Å². The molecule has 146 heavy (non-hydrogen) atoms. The van der Waals surface area contributed by atoms with Gasteiger partial charge in [-0.15, -0.1) is 0 Å². The predicted molar refractivity (Wildman–Crippen MR) is 388 cm³/mol. The fourth-order valence-electron chi connectivity index (χ4n) is 15.0. The lowest BCUT2D eigenvalue weighted by molar-refractivity contribution is -0.442. The number of benzene rings is 11. The Kier molecular flexibility index (Phi) is 24.8. The van der Waals surface area contributed by atoms with Crippen LogP contribution in [-0.2, 0) is 23.7 Å². The highest BCUT2D eigenvalue weighted by Gasteiger charge is 2.96. The first-order valence-electron chi connectivity index (χ1n) is 38.1. The third kappa shape index (κ3) is 14.7. The summed E-state index contributed by atoms with van der Waals surface area (Å²) < 4.78 is 824. The first-order chi connectivity index (χ1) is 65.9. The van der Waals surface area contributed by atoms with Crippen molar-refractivity contribution in [3.8, 4) is 46.0 Å². The predicted octanol–water partition coefficient (Wildman–Crippen LogP) is 31.3. The number of anilines is 2. The Balaban J connectivity index is 1.24. The lowest BCUT2D eigenvalue weighted by Gasteiger charge is -2.42. The van der Waals surface area contributed by atoms with E-state index in [1.807, 2.05) is 0 Å². The Morgan fingerprint density at radius 3 is 0.466 bits per heavy atom. The normalized spacial score (nSPS) is 15.6. The van der Waals surface area contributed by atoms with Gasteiger partial charge in [-0.3, -0.25) is 19.2 Å². The van der Waals surface area contributed by atoms with E-state index in [1.165, 1.54) is 0 Å². The maximum atomic E-state index is 17.5. The standard InChI is InChI=1S/C84H30F52N2O8/c85-61(86,65(93,94)69(101,102)73(109,110)77(117,118)81(125,126)127)39-23-13-24-40(62(87,88)66(95,96)70(103,104)74(111,112)78(119,120)82(128,129)130)55(39)137-57(139)35-27-43(143-31-15-5-1-6-16-31)49-50-44(144-32-17-7-2-8-18-32)28-37-48-38(30-46(146-34-21-11-4-12-22-34)52(54(48)50)51-45(145-33-19-9-3-10-20-33)29-36(58(137)140)47(35)53(49)51)60(142)138(59(37)141)56-41(63(89,90)67(97,98)71(105,106)75(113,114)79(121,122)83(131,132)133)25-14-26-42(56)64(91,92)68(99,100)72(107,108)76(115,116)80(123,124)84(134,135)136/h1-30H. The van der Waals surface area contributed by atoms with Gasteiger partial charge in [-0.25, -0.2) is 9.80 Å². The molecule has 788 valence electrons. The highest BCUT2D eigenvalue weighted by molar-refractivity contribution is 6.48. The number of fused-ring (bicyclic) bond motifs is 2. The molecule has 0 N–H and O–H groups in total. The summed E-state index contributed by atoms with van der Waals surface area (Å²) in [7, 11) is 0. The van der Waals surface area contributed by atoms with Crippen LogP contribution < -0.4 is 28.7 Å². The topological polar surface area (TPSA) is 112 Å². The number of amides is 4. The van der Waals surface area contributed by atoms with Crippen molar-refractivity contribution in [1.82, 2.24) is 0 Å². The fourth-order valence-corrected chi connectivity index (χ4v) is 15.0. The van der Waals surface area contributed by atoms with Crippen LogP contribution in [0.15, 0.2) is 182 Å². The molecule has 0 aromatic heterocycles. The summed E-state index contributed by atoms with van der Waals surface area (Å²) in [4.78, 5) is 60.6. The van der Waals surface area contributed by atoms with Crippen molar-refractivity contribution in [3.05, 3.63) is 226 Å². The molecule has 0 atom stereocenters. The van der Waals surface area contributed by atoms with Crippen LogP contribution in [0.1, 0.15) is 63.7 Å². The molecule has 0 saturated heterocycles. The molecular formula is C84H30F52N2O8. The second-order valence-corrected chi connectivity index (χ2v) is 31.1. The van der Waals surface area contributed by atoms with E-state index in [4.69, 9.17) is 18.9 Å². The molecule has 10 nitrogen and oxygen atoms in total. The maximum absolute atomic E-state index is 17.5. The lowest BCUT2D eigenvalue weighted by Crippen LogP contribution is -2.69. The minimum absolute atomic E-state index is 0.301. The molecule has 0 spiro atoms. The summed E-state index contributed by atoms with van der Waals surface area (Å²) in [5.74, 6) is -206. The van der Waals surface area contributed by atoms with Crippen LogP contribution in [0.3, 0.4) is 0 Å². The molecule has 4 amide bonds. The van der Waals surface area contributed by atoms with Gasteiger partial charge in [0.1, 0.15) is 46.0 Å². The van der Waals surface area contributed by atoms with E-state index in [0.29, 0.717) is 48.5 Å². The highest BCUT2D eigenvalue weighted by Crippen LogP contribution is 2.72. The summed E-state index contributed by atoms with van der Waals surface area (Å²) in [5.41, 5.74) is -35.7. The van der Waals surface area contributed by atoms with Gasteiger partial charge in [-0.2, -0.15) is 228 Å². The van der Waals surface area contributed by atoms with Crippen LogP contribution in [-0.4, -0.2) is 143 Å². The van der Waals surface area contributed by atoms with Crippen molar-refractivity contribution >= 4 is 78.1 Å².